The second-order valence-electron chi connectivity index (χ2n) is 8.20. The number of carbonyl (C=O) groups is 1. The zero-order valence-corrected chi connectivity index (χ0v) is 18.2. The molecule has 0 saturated carbocycles. The molecule has 2 aromatic heterocycles. The maximum atomic E-state index is 13.0. The van der Waals surface area contributed by atoms with E-state index in [-0.39, 0.29) is 11.8 Å². The number of ether oxygens (including phenoxy) is 1. The summed E-state index contributed by atoms with van der Waals surface area (Å²) in [6, 6.07) is 15.1. The molecule has 1 fully saturated rings. The Hall–Kier alpha value is -3.61. The van der Waals surface area contributed by atoms with E-state index >= 15 is 0 Å². The van der Waals surface area contributed by atoms with Crippen molar-refractivity contribution in [2.24, 2.45) is 0 Å². The van der Waals surface area contributed by atoms with Gasteiger partial charge in [-0.05, 0) is 63.1 Å². The molecular weight excluding hydrogens is 406 g/mol. The van der Waals surface area contributed by atoms with Crippen LogP contribution >= 0.6 is 0 Å². The van der Waals surface area contributed by atoms with Gasteiger partial charge in [-0.2, -0.15) is 0 Å². The van der Waals surface area contributed by atoms with Crippen LogP contribution in [0.3, 0.4) is 0 Å². The molecule has 5 rings (SSSR count). The minimum absolute atomic E-state index is 0.0401. The van der Waals surface area contributed by atoms with Crippen LogP contribution in [0.2, 0.25) is 0 Å². The van der Waals surface area contributed by atoms with Gasteiger partial charge in [0, 0.05) is 24.6 Å². The Morgan fingerprint density at radius 1 is 1.09 bits per heavy atom. The molecule has 164 valence electrons. The highest BCUT2D eigenvalue weighted by molar-refractivity contribution is 5.94. The first-order valence-electron chi connectivity index (χ1n) is 10.9. The molecule has 32 heavy (non-hydrogen) atoms. The lowest BCUT2D eigenvalue weighted by molar-refractivity contribution is 0.0706. The van der Waals surface area contributed by atoms with Crippen molar-refractivity contribution in [3.63, 3.8) is 0 Å². The molecule has 0 unspecified atom stereocenters. The molecule has 1 aliphatic rings. The molecule has 3 heterocycles. The van der Waals surface area contributed by atoms with Crippen LogP contribution in [0.5, 0.6) is 5.75 Å². The first-order valence-corrected chi connectivity index (χ1v) is 10.9. The zero-order valence-electron chi connectivity index (χ0n) is 18.2. The summed E-state index contributed by atoms with van der Waals surface area (Å²) in [4.78, 5) is 19.5. The molecule has 0 aliphatic carbocycles. The fraction of sp³-hybridized carbons (Fsp3) is 0.320. The summed E-state index contributed by atoms with van der Waals surface area (Å²) in [5.41, 5.74) is 4.15. The average Bonchev–Trinajstić information content (AvgIpc) is 3.40. The van der Waals surface area contributed by atoms with Gasteiger partial charge in [-0.25, -0.2) is 4.98 Å². The third kappa shape index (κ3) is 3.98. The van der Waals surface area contributed by atoms with Crippen molar-refractivity contribution in [2.45, 2.75) is 39.2 Å². The van der Waals surface area contributed by atoms with Gasteiger partial charge in [0.2, 0.25) is 0 Å². The summed E-state index contributed by atoms with van der Waals surface area (Å²) in [6.45, 7) is 5.52. The van der Waals surface area contributed by atoms with Crippen molar-refractivity contribution < 1.29 is 18.5 Å². The van der Waals surface area contributed by atoms with Crippen molar-refractivity contribution in [3.05, 3.63) is 77.0 Å². The highest BCUT2D eigenvalue weighted by Gasteiger charge is 2.27. The summed E-state index contributed by atoms with van der Waals surface area (Å²) in [7, 11) is 0. The number of oxazole rings is 1. The fourth-order valence-corrected chi connectivity index (χ4v) is 4.13. The summed E-state index contributed by atoms with van der Waals surface area (Å²) < 4.78 is 16.9. The van der Waals surface area contributed by atoms with Crippen LogP contribution in [0.15, 0.2) is 57.5 Å². The lowest BCUT2D eigenvalue weighted by Crippen LogP contribution is -2.37. The van der Waals surface area contributed by atoms with Gasteiger partial charge in [-0.15, -0.1) is 0 Å². The number of fused-ring (bicyclic) bond motifs is 1. The number of hydrogen-bond donors (Lipinski definition) is 0. The molecule has 0 bridgehead atoms. The van der Waals surface area contributed by atoms with E-state index in [4.69, 9.17) is 13.7 Å². The van der Waals surface area contributed by atoms with E-state index in [1.165, 1.54) is 0 Å². The lowest BCUT2D eigenvalue weighted by Gasteiger charge is -2.30. The van der Waals surface area contributed by atoms with Crippen LogP contribution in [-0.4, -0.2) is 34.0 Å². The molecule has 1 amide bonds. The van der Waals surface area contributed by atoms with Gasteiger partial charge in [0.05, 0.1) is 11.3 Å². The zero-order chi connectivity index (χ0) is 22.1. The molecule has 0 N–H and O–H groups in total. The Morgan fingerprint density at radius 2 is 1.84 bits per heavy atom. The summed E-state index contributed by atoms with van der Waals surface area (Å²) in [5.74, 6) is 2.52. The maximum Gasteiger partial charge on any atom is 0.253 e. The largest absolute Gasteiger partial charge is 0.489 e. The number of piperidine rings is 1. The van der Waals surface area contributed by atoms with Crippen LogP contribution in [0.25, 0.3) is 11.1 Å². The molecule has 1 aliphatic heterocycles. The molecule has 0 atom stereocenters. The number of aromatic nitrogens is 2. The lowest BCUT2D eigenvalue weighted by atomic mass is 9.96. The Kier molecular flexibility index (Phi) is 5.39. The topological polar surface area (TPSA) is 81.6 Å². The van der Waals surface area contributed by atoms with Gasteiger partial charge < -0.3 is 18.6 Å². The van der Waals surface area contributed by atoms with Gasteiger partial charge in [-0.1, -0.05) is 17.3 Å². The summed E-state index contributed by atoms with van der Waals surface area (Å²) in [5, 5.41) is 3.94. The standard InChI is InChI=1S/C25H25N3O4/c1-16-21(17(2)32-27-16)15-30-20-9-7-19(8-10-20)25(29)28-13-11-18(12-14-28)24-26-22-5-3-4-6-23(22)31-24/h3-10,18H,11-15H2,1-2H3. The fourth-order valence-electron chi connectivity index (χ4n) is 4.13. The van der Waals surface area contributed by atoms with Crippen LogP contribution < -0.4 is 4.74 Å². The van der Waals surface area contributed by atoms with Crippen molar-refractivity contribution in [2.75, 3.05) is 13.1 Å². The van der Waals surface area contributed by atoms with Gasteiger partial charge in [0.25, 0.3) is 5.91 Å². The predicted octanol–water partition coefficient (Wildman–Crippen LogP) is 5.03. The smallest absolute Gasteiger partial charge is 0.253 e. The van der Waals surface area contributed by atoms with Crippen molar-refractivity contribution in [3.8, 4) is 5.75 Å². The van der Waals surface area contributed by atoms with E-state index in [9.17, 15) is 4.79 Å². The van der Waals surface area contributed by atoms with E-state index in [0.29, 0.717) is 31.0 Å². The third-order valence-corrected chi connectivity index (χ3v) is 6.11. The number of para-hydroxylation sites is 2. The number of amides is 1. The molecule has 2 aromatic carbocycles. The number of hydrogen-bond acceptors (Lipinski definition) is 6. The second-order valence-corrected chi connectivity index (χ2v) is 8.20. The van der Waals surface area contributed by atoms with Gasteiger partial charge >= 0.3 is 0 Å². The summed E-state index contributed by atoms with van der Waals surface area (Å²) in [6.07, 6.45) is 1.69. The molecule has 7 nitrogen and oxygen atoms in total. The summed E-state index contributed by atoms with van der Waals surface area (Å²) >= 11 is 0. The van der Waals surface area contributed by atoms with Crippen LogP contribution in [0.4, 0.5) is 0 Å². The van der Waals surface area contributed by atoms with Crippen LogP contribution in [-0.2, 0) is 6.61 Å². The molecular formula is C25H25N3O4. The maximum absolute atomic E-state index is 13.0. The Balaban J connectivity index is 1.18. The molecule has 7 heteroatoms. The number of rotatable bonds is 5. The SMILES string of the molecule is Cc1noc(C)c1COc1ccc(C(=O)N2CCC(c3nc4ccccc4o3)CC2)cc1. The first-order chi connectivity index (χ1) is 15.6. The van der Waals surface area contributed by atoms with Crippen molar-refractivity contribution >= 4 is 17.0 Å². The number of carbonyl (C=O) groups excluding carboxylic acids is 1. The van der Waals surface area contributed by atoms with Gasteiger partial charge in [0.15, 0.2) is 11.5 Å². The van der Waals surface area contributed by atoms with Gasteiger partial charge in [-0.3, -0.25) is 4.79 Å². The Morgan fingerprint density at radius 3 is 2.53 bits per heavy atom. The van der Waals surface area contributed by atoms with E-state index in [1.807, 2.05) is 67.3 Å². The monoisotopic (exact) mass is 431 g/mol. The quantitative estimate of drug-likeness (QED) is 0.441. The second kappa shape index (κ2) is 8.49. The number of aryl methyl sites for hydroxylation is 2. The number of likely N-dealkylation sites (tertiary alicyclic amines) is 1. The van der Waals surface area contributed by atoms with E-state index in [1.54, 1.807) is 0 Å². The van der Waals surface area contributed by atoms with Crippen molar-refractivity contribution in [1.82, 2.24) is 15.0 Å². The Bertz CT molecular complexity index is 1180. The van der Waals surface area contributed by atoms with E-state index in [0.717, 1.165) is 46.8 Å². The molecule has 4 aromatic rings. The minimum Gasteiger partial charge on any atom is -0.489 e. The highest BCUT2D eigenvalue weighted by Crippen LogP contribution is 2.30. The Labute approximate surface area is 186 Å². The number of nitrogens with zero attached hydrogens (tertiary/aromatic N) is 3. The predicted molar refractivity (Wildman–Crippen MR) is 119 cm³/mol. The van der Waals surface area contributed by atoms with Crippen molar-refractivity contribution in [1.29, 1.82) is 0 Å². The molecule has 1 saturated heterocycles. The molecule has 0 radical (unpaired) electrons. The average molecular weight is 431 g/mol. The van der Waals surface area contributed by atoms with E-state index in [2.05, 4.69) is 10.1 Å². The van der Waals surface area contributed by atoms with Gasteiger partial charge in [0.1, 0.15) is 23.6 Å². The van der Waals surface area contributed by atoms with E-state index < -0.39 is 0 Å². The van der Waals surface area contributed by atoms with Crippen LogP contribution in [0.1, 0.15) is 52.0 Å². The van der Waals surface area contributed by atoms with Crippen LogP contribution in [0, 0.1) is 13.8 Å². The number of benzene rings is 2. The normalized spacial score (nSPS) is 14.8. The third-order valence-electron chi connectivity index (χ3n) is 6.11. The molecule has 0 spiro atoms. The minimum atomic E-state index is 0.0401. The first kappa shape index (κ1) is 20.3. The highest BCUT2D eigenvalue weighted by atomic mass is 16.5.